The quantitative estimate of drug-likeness (QED) is 0.643. The van der Waals surface area contributed by atoms with Crippen LogP contribution in [0.3, 0.4) is 0 Å². The number of nitrogens with one attached hydrogen (secondary N) is 1. The predicted octanol–water partition coefficient (Wildman–Crippen LogP) is 3.95. The number of ketones is 1. The van der Waals surface area contributed by atoms with Crippen LogP contribution >= 0.6 is 0 Å². The third kappa shape index (κ3) is 4.61. The molecule has 5 nitrogen and oxygen atoms in total. The molecule has 0 saturated carbocycles. The Balaban J connectivity index is 1.65. The number of amides is 1. The Labute approximate surface area is 158 Å². The van der Waals surface area contributed by atoms with Gasteiger partial charge in [0.1, 0.15) is 0 Å². The maximum atomic E-state index is 12.5. The van der Waals surface area contributed by atoms with Crippen LogP contribution in [0.4, 0.5) is 5.69 Å². The molecular weight excluding hydrogens is 342 g/mol. The lowest BCUT2D eigenvalue weighted by Crippen LogP contribution is -2.24. The van der Waals surface area contributed by atoms with E-state index in [1.165, 1.54) is 24.5 Å². The lowest BCUT2D eigenvalue weighted by atomic mass is 9.90. The number of rotatable bonds is 5. The number of hydrogen-bond acceptors (Lipinski definition) is 4. The molecule has 0 heterocycles. The summed E-state index contributed by atoms with van der Waals surface area (Å²) in [6.07, 6.45) is 3.46. The third-order valence-corrected chi connectivity index (χ3v) is 4.73. The van der Waals surface area contributed by atoms with Crippen molar-refractivity contribution in [2.45, 2.75) is 45.6 Å². The van der Waals surface area contributed by atoms with E-state index >= 15 is 0 Å². The molecule has 2 aromatic carbocycles. The zero-order chi connectivity index (χ0) is 19.4. The highest BCUT2D eigenvalue weighted by Gasteiger charge is 2.21. The lowest BCUT2D eigenvalue weighted by molar-refractivity contribution is -0.114. The molecule has 0 bridgehead atoms. The minimum Gasteiger partial charge on any atom is -0.451 e. The molecule has 1 atom stereocenters. The average Bonchev–Trinajstić information content (AvgIpc) is 2.67. The van der Waals surface area contributed by atoms with Crippen molar-refractivity contribution in [2.24, 2.45) is 0 Å². The number of ether oxygens (including phenoxy) is 1. The highest BCUT2D eigenvalue weighted by molar-refractivity contribution is 6.02. The van der Waals surface area contributed by atoms with E-state index in [1.807, 2.05) is 12.1 Å². The summed E-state index contributed by atoms with van der Waals surface area (Å²) in [6, 6.07) is 12.1. The highest BCUT2D eigenvalue weighted by Crippen LogP contribution is 2.23. The van der Waals surface area contributed by atoms with Gasteiger partial charge in [-0.25, -0.2) is 4.79 Å². The van der Waals surface area contributed by atoms with Crippen LogP contribution in [-0.2, 0) is 22.4 Å². The van der Waals surface area contributed by atoms with Gasteiger partial charge in [0, 0.05) is 18.2 Å². The summed E-state index contributed by atoms with van der Waals surface area (Å²) in [6.45, 7) is 2.99. The summed E-state index contributed by atoms with van der Waals surface area (Å²) in [4.78, 5) is 36.0. The first-order valence-corrected chi connectivity index (χ1v) is 9.18. The maximum absolute atomic E-state index is 12.5. The van der Waals surface area contributed by atoms with Gasteiger partial charge in [-0.05, 0) is 80.1 Å². The molecule has 3 rings (SSSR count). The van der Waals surface area contributed by atoms with Crippen LogP contribution in [0.1, 0.15) is 58.5 Å². The molecule has 2 aromatic rings. The fourth-order valence-corrected chi connectivity index (χ4v) is 3.30. The van der Waals surface area contributed by atoms with Crippen molar-refractivity contribution < 1.29 is 19.1 Å². The molecule has 0 radical (unpaired) electrons. The average molecular weight is 365 g/mol. The number of Topliss-reactive ketones (excluding diaryl/α,β-unsaturated/α-hetero) is 1. The van der Waals surface area contributed by atoms with Crippen LogP contribution in [0.15, 0.2) is 42.5 Å². The molecule has 0 fully saturated rings. The zero-order valence-electron chi connectivity index (χ0n) is 15.6. The van der Waals surface area contributed by atoms with Crippen LogP contribution in [0.5, 0.6) is 0 Å². The van der Waals surface area contributed by atoms with E-state index in [0.29, 0.717) is 16.8 Å². The summed E-state index contributed by atoms with van der Waals surface area (Å²) < 4.78 is 5.38. The molecule has 1 N–H and O–H groups in total. The molecule has 140 valence electrons. The van der Waals surface area contributed by atoms with Crippen molar-refractivity contribution >= 4 is 23.3 Å². The van der Waals surface area contributed by atoms with Gasteiger partial charge in [-0.1, -0.05) is 6.07 Å². The van der Waals surface area contributed by atoms with Gasteiger partial charge in [-0.2, -0.15) is 0 Å². The van der Waals surface area contributed by atoms with E-state index in [2.05, 4.69) is 5.32 Å². The smallest absolute Gasteiger partial charge is 0.338 e. The number of carbonyl (C=O) groups excluding carboxylic acids is 3. The molecule has 1 aliphatic rings. The third-order valence-electron chi connectivity index (χ3n) is 4.73. The number of anilines is 1. The summed E-state index contributed by atoms with van der Waals surface area (Å²) in [5.74, 6) is -0.948. The number of esters is 1. The Hall–Kier alpha value is -2.95. The lowest BCUT2D eigenvalue weighted by Gasteiger charge is -2.17. The molecule has 0 saturated heterocycles. The van der Waals surface area contributed by atoms with Gasteiger partial charge in [0.05, 0.1) is 5.56 Å². The molecule has 5 heteroatoms. The SMILES string of the molecule is CC(=O)Nc1ccc(C(=O)[C@H](C)OC(=O)c2ccc3c(c2)CCCC3)cc1. The molecule has 1 amide bonds. The van der Waals surface area contributed by atoms with E-state index in [0.717, 1.165) is 19.3 Å². The first-order chi connectivity index (χ1) is 12.9. The van der Waals surface area contributed by atoms with Gasteiger partial charge < -0.3 is 10.1 Å². The standard InChI is InChI=1S/C22H23NO4/c1-14(21(25)17-9-11-20(12-10-17)23-15(2)24)27-22(26)19-8-7-16-5-3-4-6-18(16)13-19/h7-14H,3-6H2,1-2H3,(H,23,24)/t14-/m0/s1. The Bertz CT molecular complexity index is 870. The number of hydrogen-bond donors (Lipinski definition) is 1. The summed E-state index contributed by atoms with van der Waals surface area (Å²) >= 11 is 0. The van der Waals surface area contributed by atoms with E-state index < -0.39 is 12.1 Å². The van der Waals surface area contributed by atoms with Crippen LogP contribution in [-0.4, -0.2) is 23.8 Å². The Morgan fingerprint density at radius 1 is 0.926 bits per heavy atom. The van der Waals surface area contributed by atoms with Crippen molar-refractivity contribution in [3.63, 3.8) is 0 Å². The Morgan fingerprint density at radius 2 is 1.56 bits per heavy atom. The molecule has 27 heavy (non-hydrogen) atoms. The second kappa shape index (κ2) is 8.16. The number of carbonyl (C=O) groups is 3. The van der Waals surface area contributed by atoms with Crippen LogP contribution < -0.4 is 5.32 Å². The fourth-order valence-electron chi connectivity index (χ4n) is 3.30. The van der Waals surface area contributed by atoms with Gasteiger partial charge >= 0.3 is 5.97 Å². The first kappa shape index (κ1) is 18.8. The van der Waals surface area contributed by atoms with Crippen molar-refractivity contribution in [2.75, 3.05) is 5.32 Å². The molecule has 0 aromatic heterocycles. The predicted molar refractivity (Wildman–Crippen MR) is 103 cm³/mol. The minimum absolute atomic E-state index is 0.179. The van der Waals surface area contributed by atoms with Crippen LogP contribution in [0, 0.1) is 0 Å². The van der Waals surface area contributed by atoms with E-state index in [-0.39, 0.29) is 11.7 Å². The van der Waals surface area contributed by atoms with Crippen LogP contribution in [0.2, 0.25) is 0 Å². The summed E-state index contributed by atoms with van der Waals surface area (Å²) in [5, 5.41) is 2.64. The largest absolute Gasteiger partial charge is 0.451 e. The minimum atomic E-state index is -0.889. The number of fused-ring (bicyclic) bond motifs is 1. The van der Waals surface area contributed by atoms with E-state index in [1.54, 1.807) is 37.3 Å². The zero-order valence-corrected chi connectivity index (χ0v) is 15.6. The van der Waals surface area contributed by atoms with Gasteiger partial charge in [0.25, 0.3) is 0 Å². The van der Waals surface area contributed by atoms with Gasteiger partial charge in [-0.15, -0.1) is 0 Å². The van der Waals surface area contributed by atoms with Crippen LogP contribution in [0.25, 0.3) is 0 Å². The topological polar surface area (TPSA) is 72.5 Å². The van der Waals surface area contributed by atoms with E-state index in [9.17, 15) is 14.4 Å². The van der Waals surface area contributed by atoms with Crippen molar-refractivity contribution in [3.8, 4) is 0 Å². The molecule has 0 spiro atoms. The second-order valence-electron chi connectivity index (χ2n) is 6.86. The van der Waals surface area contributed by atoms with Gasteiger partial charge in [0.15, 0.2) is 6.10 Å². The fraction of sp³-hybridized carbons (Fsp3) is 0.318. The molecule has 1 aliphatic carbocycles. The molecule has 0 aliphatic heterocycles. The highest BCUT2D eigenvalue weighted by atomic mass is 16.5. The summed E-state index contributed by atoms with van der Waals surface area (Å²) in [5.41, 5.74) is 4.01. The second-order valence-corrected chi connectivity index (χ2v) is 6.86. The van der Waals surface area contributed by atoms with Crippen molar-refractivity contribution in [1.29, 1.82) is 0 Å². The maximum Gasteiger partial charge on any atom is 0.338 e. The first-order valence-electron chi connectivity index (χ1n) is 9.18. The van der Waals surface area contributed by atoms with Crippen molar-refractivity contribution in [1.82, 2.24) is 0 Å². The molecular formula is C22H23NO4. The normalized spacial score (nSPS) is 14.0. The Morgan fingerprint density at radius 3 is 2.22 bits per heavy atom. The van der Waals surface area contributed by atoms with E-state index in [4.69, 9.17) is 4.74 Å². The Kier molecular flexibility index (Phi) is 5.69. The summed E-state index contributed by atoms with van der Waals surface area (Å²) in [7, 11) is 0. The van der Waals surface area contributed by atoms with Gasteiger partial charge in [0.2, 0.25) is 11.7 Å². The van der Waals surface area contributed by atoms with Crippen molar-refractivity contribution in [3.05, 3.63) is 64.7 Å². The monoisotopic (exact) mass is 365 g/mol. The molecule has 0 unspecified atom stereocenters. The number of benzene rings is 2. The van der Waals surface area contributed by atoms with Gasteiger partial charge in [-0.3, -0.25) is 9.59 Å². The number of aryl methyl sites for hydroxylation is 2.